The molecule has 0 fully saturated rings. The Morgan fingerprint density at radius 2 is 2.05 bits per heavy atom. The van der Waals surface area contributed by atoms with Gasteiger partial charge in [0.2, 0.25) is 0 Å². The van der Waals surface area contributed by atoms with Gasteiger partial charge in [-0.25, -0.2) is 0 Å². The summed E-state index contributed by atoms with van der Waals surface area (Å²) in [6.07, 6.45) is 1.70. The van der Waals surface area contributed by atoms with Gasteiger partial charge in [-0.3, -0.25) is 4.68 Å². The van der Waals surface area contributed by atoms with Crippen LogP contribution in [0.5, 0.6) is 0 Å². The predicted molar refractivity (Wildman–Crippen MR) is 76.9 cm³/mol. The smallest absolute Gasteiger partial charge is 0.129 e. The van der Waals surface area contributed by atoms with Crippen LogP contribution in [-0.4, -0.2) is 28.6 Å². The highest BCUT2D eigenvalue weighted by molar-refractivity contribution is 9.10. The van der Waals surface area contributed by atoms with Gasteiger partial charge in [-0.15, -0.1) is 0 Å². The van der Waals surface area contributed by atoms with Crippen LogP contribution in [0.1, 0.15) is 18.2 Å². The van der Waals surface area contributed by atoms with Gasteiger partial charge < -0.3 is 9.84 Å². The molecule has 0 saturated carbocycles. The van der Waals surface area contributed by atoms with Crippen molar-refractivity contribution in [3.05, 3.63) is 52.3 Å². The van der Waals surface area contributed by atoms with E-state index in [2.05, 4.69) is 21.0 Å². The zero-order chi connectivity index (χ0) is 13.9. The predicted octanol–water partition coefficient (Wildman–Crippen LogP) is 2.55. The first-order chi connectivity index (χ1) is 9.07. The minimum atomic E-state index is -1.11. The van der Waals surface area contributed by atoms with Crippen molar-refractivity contribution in [1.29, 1.82) is 0 Å². The van der Waals surface area contributed by atoms with E-state index in [-0.39, 0.29) is 0 Å². The molecule has 1 aromatic carbocycles. The zero-order valence-corrected chi connectivity index (χ0v) is 12.6. The number of benzene rings is 1. The Kier molecular flexibility index (Phi) is 4.39. The minimum Gasteiger partial charge on any atom is -0.383 e. The van der Waals surface area contributed by atoms with Crippen LogP contribution in [0.15, 0.2) is 41.0 Å². The molecule has 19 heavy (non-hydrogen) atoms. The Hall–Kier alpha value is -1.17. The van der Waals surface area contributed by atoms with Crippen molar-refractivity contribution < 1.29 is 9.84 Å². The van der Waals surface area contributed by atoms with Crippen molar-refractivity contribution in [3.8, 4) is 0 Å². The number of hydrogen-bond donors (Lipinski definition) is 1. The summed E-state index contributed by atoms with van der Waals surface area (Å²) in [7, 11) is 1.65. The van der Waals surface area contributed by atoms with E-state index in [0.29, 0.717) is 13.2 Å². The third-order valence-corrected chi connectivity index (χ3v) is 3.68. The zero-order valence-electron chi connectivity index (χ0n) is 11.0. The fourth-order valence-corrected chi connectivity index (χ4v) is 2.78. The van der Waals surface area contributed by atoms with Gasteiger partial charge in [0.25, 0.3) is 0 Å². The minimum absolute atomic E-state index is 0.548. The molecule has 1 atom stereocenters. The molecule has 0 saturated heterocycles. The fourth-order valence-electron chi connectivity index (χ4n) is 2.09. The Morgan fingerprint density at radius 3 is 2.68 bits per heavy atom. The molecule has 1 heterocycles. The summed E-state index contributed by atoms with van der Waals surface area (Å²) in [6.45, 7) is 2.92. The van der Waals surface area contributed by atoms with E-state index in [0.717, 1.165) is 15.7 Å². The van der Waals surface area contributed by atoms with E-state index in [1.165, 1.54) is 0 Å². The maximum Gasteiger partial charge on any atom is 0.129 e. The van der Waals surface area contributed by atoms with E-state index in [1.54, 1.807) is 24.9 Å². The average Bonchev–Trinajstić information content (AvgIpc) is 2.79. The van der Waals surface area contributed by atoms with Crippen LogP contribution < -0.4 is 0 Å². The van der Waals surface area contributed by atoms with Crippen molar-refractivity contribution in [1.82, 2.24) is 9.78 Å². The van der Waals surface area contributed by atoms with Gasteiger partial charge in [0.05, 0.1) is 29.5 Å². The van der Waals surface area contributed by atoms with Gasteiger partial charge in [-0.1, -0.05) is 30.3 Å². The first kappa shape index (κ1) is 14.2. The van der Waals surface area contributed by atoms with E-state index in [9.17, 15) is 5.11 Å². The molecular formula is C14H17BrN2O2. The summed E-state index contributed by atoms with van der Waals surface area (Å²) >= 11 is 3.46. The molecule has 0 radical (unpaired) electrons. The first-order valence-electron chi connectivity index (χ1n) is 6.06. The monoisotopic (exact) mass is 324 g/mol. The number of halogens is 1. The SMILES string of the molecule is COCCn1ncc(Br)c1C(C)(O)c1ccccc1. The number of methoxy groups -OCH3 is 1. The van der Waals surface area contributed by atoms with Gasteiger partial charge in [-0.05, 0) is 28.4 Å². The lowest BCUT2D eigenvalue weighted by Crippen LogP contribution is -2.28. The molecule has 102 valence electrons. The highest BCUT2D eigenvalue weighted by Crippen LogP contribution is 2.33. The van der Waals surface area contributed by atoms with Crippen LogP contribution in [0, 0.1) is 0 Å². The molecule has 0 spiro atoms. The molecule has 2 aromatic rings. The maximum atomic E-state index is 10.9. The molecule has 0 bridgehead atoms. The molecule has 0 aliphatic heterocycles. The number of ether oxygens (including phenoxy) is 1. The maximum absolute atomic E-state index is 10.9. The molecule has 0 amide bonds. The average molecular weight is 325 g/mol. The third kappa shape index (κ3) is 2.88. The van der Waals surface area contributed by atoms with Crippen LogP contribution >= 0.6 is 15.9 Å². The molecule has 2 rings (SSSR count). The first-order valence-corrected chi connectivity index (χ1v) is 6.85. The summed E-state index contributed by atoms with van der Waals surface area (Å²) in [5.41, 5.74) is 0.454. The van der Waals surface area contributed by atoms with Gasteiger partial charge >= 0.3 is 0 Å². The highest BCUT2D eigenvalue weighted by atomic mass is 79.9. The van der Waals surface area contributed by atoms with Crippen molar-refractivity contribution in [2.45, 2.75) is 19.1 Å². The summed E-state index contributed by atoms with van der Waals surface area (Å²) in [5, 5.41) is 15.2. The second-order valence-corrected chi connectivity index (χ2v) is 5.35. The number of nitrogens with zero attached hydrogens (tertiary/aromatic N) is 2. The Morgan fingerprint density at radius 1 is 1.37 bits per heavy atom. The molecule has 0 aliphatic rings. The number of aliphatic hydroxyl groups is 1. The molecule has 4 nitrogen and oxygen atoms in total. The van der Waals surface area contributed by atoms with Crippen LogP contribution in [0.25, 0.3) is 0 Å². The Labute approximate surface area is 121 Å². The largest absolute Gasteiger partial charge is 0.383 e. The number of hydrogen-bond acceptors (Lipinski definition) is 3. The summed E-state index contributed by atoms with van der Waals surface area (Å²) < 4.78 is 7.62. The summed E-state index contributed by atoms with van der Waals surface area (Å²) in [4.78, 5) is 0. The molecular weight excluding hydrogens is 308 g/mol. The topological polar surface area (TPSA) is 47.3 Å². The molecule has 1 aromatic heterocycles. The van der Waals surface area contributed by atoms with Crippen LogP contribution in [0.3, 0.4) is 0 Å². The normalized spacial score (nSPS) is 14.3. The summed E-state index contributed by atoms with van der Waals surface area (Å²) in [5.74, 6) is 0. The van der Waals surface area contributed by atoms with E-state index in [1.807, 2.05) is 30.3 Å². The Bertz CT molecular complexity index is 538. The second-order valence-electron chi connectivity index (χ2n) is 4.50. The lowest BCUT2D eigenvalue weighted by Gasteiger charge is -2.25. The van der Waals surface area contributed by atoms with Crippen molar-refractivity contribution in [3.63, 3.8) is 0 Å². The third-order valence-electron chi connectivity index (χ3n) is 3.10. The second kappa shape index (κ2) is 5.86. The summed E-state index contributed by atoms with van der Waals surface area (Å²) in [6, 6.07) is 9.55. The lowest BCUT2D eigenvalue weighted by atomic mass is 9.92. The standard InChI is InChI=1S/C14H17BrN2O2/c1-14(18,11-6-4-3-5-7-11)13-12(15)10-16-17(13)8-9-19-2/h3-7,10,18H,8-9H2,1-2H3. The van der Waals surface area contributed by atoms with Gasteiger partial charge in [0.1, 0.15) is 5.60 Å². The molecule has 1 N–H and O–H groups in total. The van der Waals surface area contributed by atoms with Crippen LogP contribution in [0.4, 0.5) is 0 Å². The highest BCUT2D eigenvalue weighted by Gasteiger charge is 2.31. The van der Waals surface area contributed by atoms with Crippen molar-refractivity contribution >= 4 is 15.9 Å². The number of aromatic nitrogens is 2. The van der Waals surface area contributed by atoms with E-state index >= 15 is 0 Å². The van der Waals surface area contributed by atoms with E-state index < -0.39 is 5.60 Å². The quantitative estimate of drug-likeness (QED) is 0.919. The van der Waals surface area contributed by atoms with Crippen molar-refractivity contribution in [2.24, 2.45) is 0 Å². The lowest BCUT2D eigenvalue weighted by molar-refractivity contribution is 0.0875. The van der Waals surface area contributed by atoms with Gasteiger partial charge in [0.15, 0.2) is 0 Å². The van der Waals surface area contributed by atoms with Crippen molar-refractivity contribution in [2.75, 3.05) is 13.7 Å². The molecule has 0 aliphatic carbocycles. The van der Waals surface area contributed by atoms with Gasteiger partial charge in [0, 0.05) is 7.11 Å². The van der Waals surface area contributed by atoms with Crippen LogP contribution in [-0.2, 0) is 16.9 Å². The van der Waals surface area contributed by atoms with Gasteiger partial charge in [-0.2, -0.15) is 5.10 Å². The van der Waals surface area contributed by atoms with E-state index in [4.69, 9.17) is 4.74 Å². The molecule has 1 unspecified atom stereocenters. The fraction of sp³-hybridized carbons (Fsp3) is 0.357. The number of rotatable bonds is 5. The Balaban J connectivity index is 2.42. The van der Waals surface area contributed by atoms with Crippen LogP contribution in [0.2, 0.25) is 0 Å². The molecule has 5 heteroatoms.